The van der Waals surface area contributed by atoms with Crippen LogP contribution in [0.4, 0.5) is 0 Å². The number of nitrogens with zero attached hydrogens (tertiary/aromatic N) is 2. The van der Waals surface area contributed by atoms with Gasteiger partial charge < -0.3 is 10.1 Å². The molecule has 3 rings (SSSR count). The molecule has 1 aromatic carbocycles. The predicted octanol–water partition coefficient (Wildman–Crippen LogP) is 2.63. The zero-order chi connectivity index (χ0) is 17.7. The van der Waals surface area contributed by atoms with Crippen LogP contribution in [-0.2, 0) is 10.0 Å². The number of pyridine rings is 1. The molecule has 6 nitrogen and oxygen atoms in total. The number of hydrogen-bond donors (Lipinski definition) is 1. The molecule has 0 bridgehead atoms. The van der Waals surface area contributed by atoms with Crippen molar-refractivity contribution >= 4 is 22.4 Å². The minimum absolute atomic E-state index is 0. The number of nitrogens with one attached hydrogen (secondary N) is 1. The average Bonchev–Trinajstić information content (AvgIpc) is 2.67. The first-order valence-corrected chi connectivity index (χ1v) is 9.92. The Morgan fingerprint density at radius 2 is 2.04 bits per heavy atom. The lowest BCUT2D eigenvalue weighted by molar-refractivity contribution is 0.271. The molecular weight excluding hydrogens is 374 g/mol. The highest BCUT2D eigenvalue weighted by Gasteiger charge is 2.34. The van der Waals surface area contributed by atoms with E-state index < -0.39 is 10.0 Å². The van der Waals surface area contributed by atoms with Gasteiger partial charge in [-0.3, -0.25) is 4.98 Å². The van der Waals surface area contributed by atoms with Gasteiger partial charge in [-0.15, -0.1) is 12.4 Å². The van der Waals surface area contributed by atoms with Gasteiger partial charge in [0.05, 0.1) is 17.5 Å². The normalized spacial score (nSPS) is 18.1. The van der Waals surface area contributed by atoms with Crippen molar-refractivity contribution in [1.82, 2.24) is 14.6 Å². The van der Waals surface area contributed by atoms with Gasteiger partial charge in [0.25, 0.3) is 0 Å². The first-order valence-electron chi connectivity index (χ1n) is 8.48. The fraction of sp³-hybridized carbons (Fsp3) is 0.389. The van der Waals surface area contributed by atoms with Crippen LogP contribution in [0, 0.1) is 0 Å². The van der Waals surface area contributed by atoms with Crippen LogP contribution < -0.4 is 10.1 Å². The second-order valence-electron chi connectivity index (χ2n) is 5.94. The van der Waals surface area contributed by atoms with Crippen molar-refractivity contribution in [3.63, 3.8) is 0 Å². The zero-order valence-electron chi connectivity index (χ0n) is 14.7. The third-order valence-corrected chi connectivity index (χ3v) is 6.09. The molecule has 1 aromatic heterocycles. The van der Waals surface area contributed by atoms with Crippen molar-refractivity contribution in [2.75, 3.05) is 26.2 Å². The van der Waals surface area contributed by atoms with E-state index in [0.29, 0.717) is 32.0 Å². The monoisotopic (exact) mass is 397 g/mol. The van der Waals surface area contributed by atoms with Crippen LogP contribution in [0.5, 0.6) is 5.75 Å². The maximum absolute atomic E-state index is 13.1. The standard InChI is InChI=1S/C18H23N3O3S.ClH/c1-2-12-24-16-5-7-17(8-6-16)25(22,23)21-11-10-20-14-18(21)15-4-3-9-19-13-15;/h3-9,13,18,20H,2,10-12,14H2,1H3;1H. The first-order chi connectivity index (χ1) is 12.1. The summed E-state index contributed by atoms with van der Waals surface area (Å²) in [6.45, 7) is 4.28. The van der Waals surface area contributed by atoms with Crippen molar-refractivity contribution in [2.45, 2.75) is 24.3 Å². The quantitative estimate of drug-likeness (QED) is 0.811. The molecule has 2 heterocycles. The van der Waals surface area contributed by atoms with E-state index in [4.69, 9.17) is 4.74 Å². The Kier molecular flexibility index (Phi) is 7.40. The molecule has 8 heteroatoms. The number of ether oxygens (including phenoxy) is 1. The minimum atomic E-state index is -3.59. The predicted molar refractivity (Wildman–Crippen MR) is 103 cm³/mol. The van der Waals surface area contributed by atoms with Crippen LogP contribution in [0.2, 0.25) is 0 Å². The maximum Gasteiger partial charge on any atom is 0.243 e. The number of halogens is 1. The van der Waals surface area contributed by atoms with Crippen molar-refractivity contribution in [2.24, 2.45) is 0 Å². The number of piperazine rings is 1. The number of rotatable bonds is 6. The second kappa shape index (κ2) is 9.32. The molecule has 0 radical (unpaired) electrons. The molecule has 2 aromatic rings. The summed E-state index contributed by atoms with van der Waals surface area (Å²) in [5, 5.41) is 3.27. The van der Waals surface area contributed by atoms with Crippen molar-refractivity contribution in [3.05, 3.63) is 54.4 Å². The molecule has 1 fully saturated rings. The molecule has 1 atom stereocenters. The lowest BCUT2D eigenvalue weighted by atomic mass is 10.1. The van der Waals surface area contributed by atoms with E-state index in [9.17, 15) is 8.42 Å². The summed E-state index contributed by atoms with van der Waals surface area (Å²) in [5.41, 5.74) is 0.890. The fourth-order valence-corrected chi connectivity index (χ4v) is 4.51. The summed E-state index contributed by atoms with van der Waals surface area (Å²) >= 11 is 0. The van der Waals surface area contributed by atoms with E-state index >= 15 is 0 Å². The summed E-state index contributed by atoms with van der Waals surface area (Å²) in [6, 6.07) is 10.1. The molecule has 1 unspecified atom stereocenters. The first kappa shape index (κ1) is 20.6. The molecule has 1 N–H and O–H groups in total. The Hall–Kier alpha value is -1.67. The number of benzene rings is 1. The van der Waals surface area contributed by atoms with Crippen LogP contribution in [-0.4, -0.2) is 43.9 Å². The summed E-state index contributed by atoms with van der Waals surface area (Å²) in [6.07, 6.45) is 4.32. The van der Waals surface area contributed by atoms with Crippen molar-refractivity contribution < 1.29 is 13.2 Å². The molecule has 1 aliphatic rings. The van der Waals surface area contributed by atoms with E-state index in [0.717, 1.165) is 12.0 Å². The van der Waals surface area contributed by atoms with Crippen molar-refractivity contribution in [3.8, 4) is 5.75 Å². The van der Waals surface area contributed by atoms with E-state index in [1.54, 1.807) is 41.0 Å². The smallest absolute Gasteiger partial charge is 0.243 e. The van der Waals surface area contributed by atoms with Crippen LogP contribution in [0.25, 0.3) is 0 Å². The van der Waals surface area contributed by atoms with Gasteiger partial charge in [0.2, 0.25) is 10.0 Å². The molecule has 0 spiro atoms. The third kappa shape index (κ3) is 4.54. The summed E-state index contributed by atoms with van der Waals surface area (Å²) in [4.78, 5) is 4.41. The molecule has 1 aliphatic heterocycles. The molecule has 0 saturated carbocycles. The SMILES string of the molecule is CCCOc1ccc(S(=O)(=O)N2CCNCC2c2cccnc2)cc1.Cl. The third-order valence-electron chi connectivity index (χ3n) is 4.17. The highest BCUT2D eigenvalue weighted by molar-refractivity contribution is 7.89. The van der Waals surface area contributed by atoms with Crippen LogP contribution >= 0.6 is 12.4 Å². The molecule has 142 valence electrons. The van der Waals surface area contributed by atoms with Gasteiger partial charge in [0.1, 0.15) is 5.75 Å². The van der Waals surface area contributed by atoms with Gasteiger partial charge in [-0.25, -0.2) is 8.42 Å². The lowest BCUT2D eigenvalue weighted by Crippen LogP contribution is -2.48. The fourth-order valence-electron chi connectivity index (χ4n) is 2.89. The topological polar surface area (TPSA) is 71.5 Å². The minimum Gasteiger partial charge on any atom is -0.494 e. The van der Waals surface area contributed by atoms with Crippen LogP contribution in [0.3, 0.4) is 0 Å². The highest BCUT2D eigenvalue weighted by atomic mass is 35.5. The van der Waals surface area contributed by atoms with Gasteiger partial charge in [-0.1, -0.05) is 13.0 Å². The van der Waals surface area contributed by atoms with Gasteiger partial charge in [-0.2, -0.15) is 4.31 Å². The highest BCUT2D eigenvalue weighted by Crippen LogP contribution is 2.29. The number of aromatic nitrogens is 1. The van der Waals surface area contributed by atoms with Gasteiger partial charge >= 0.3 is 0 Å². The lowest BCUT2D eigenvalue weighted by Gasteiger charge is -2.35. The van der Waals surface area contributed by atoms with E-state index in [1.807, 2.05) is 19.1 Å². The van der Waals surface area contributed by atoms with Crippen LogP contribution in [0.1, 0.15) is 24.9 Å². The summed E-state index contributed by atoms with van der Waals surface area (Å²) in [7, 11) is -3.59. The van der Waals surface area contributed by atoms with Gasteiger partial charge in [0, 0.05) is 32.0 Å². The van der Waals surface area contributed by atoms with E-state index in [1.165, 1.54) is 0 Å². The largest absolute Gasteiger partial charge is 0.494 e. The molecule has 0 aliphatic carbocycles. The Balaban J connectivity index is 0.00000243. The zero-order valence-corrected chi connectivity index (χ0v) is 16.3. The van der Waals surface area contributed by atoms with E-state index in [-0.39, 0.29) is 23.3 Å². The van der Waals surface area contributed by atoms with Crippen molar-refractivity contribution in [1.29, 1.82) is 0 Å². The summed E-state index contributed by atoms with van der Waals surface area (Å²) < 4.78 is 33.4. The second-order valence-corrected chi connectivity index (χ2v) is 7.83. The molecule has 26 heavy (non-hydrogen) atoms. The Morgan fingerprint density at radius 1 is 1.27 bits per heavy atom. The molecule has 0 amide bonds. The number of sulfonamides is 1. The number of hydrogen-bond acceptors (Lipinski definition) is 5. The van der Waals surface area contributed by atoms with Gasteiger partial charge in [-0.05, 0) is 42.3 Å². The Morgan fingerprint density at radius 3 is 2.69 bits per heavy atom. The molecule has 1 saturated heterocycles. The molecular formula is C18H24ClN3O3S. The Bertz CT molecular complexity index is 785. The summed E-state index contributed by atoms with van der Waals surface area (Å²) in [5.74, 6) is 0.685. The van der Waals surface area contributed by atoms with Gasteiger partial charge in [0.15, 0.2) is 0 Å². The average molecular weight is 398 g/mol. The maximum atomic E-state index is 13.1. The Labute approximate surface area is 161 Å². The van der Waals surface area contributed by atoms with E-state index in [2.05, 4.69) is 10.3 Å². The van der Waals surface area contributed by atoms with Crippen LogP contribution in [0.15, 0.2) is 53.7 Å².